The lowest BCUT2D eigenvalue weighted by Crippen LogP contribution is -2.12. The van der Waals surface area contributed by atoms with Gasteiger partial charge in [0.15, 0.2) is 0 Å². The summed E-state index contributed by atoms with van der Waals surface area (Å²) in [4.78, 5) is 3.04. The van der Waals surface area contributed by atoms with Gasteiger partial charge in [-0.2, -0.15) is 0 Å². The first kappa shape index (κ1) is 15.7. The Bertz CT molecular complexity index is 728. The van der Waals surface area contributed by atoms with E-state index in [2.05, 4.69) is 15.0 Å². The summed E-state index contributed by atoms with van der Waals surface area (Å²) in [5.41, 5.74) is 1.04. The molecular formula is C13H16ClN3O3S. The van der Waals surface area contributed by atoms with Crippen molar-refractivity contribution in [1.82, 2.24) is 10.3 Å². The maximum atomic E-state index is 12.3. The summed E-state index contributed by atoms with van der Waals surface area (Å²) in [7, 11) is -0.429. The molecule has 8 heteroatoms. The van der Waals surface area contributed by atoms with E-state index in [0.717, 1.165) is 5.69 Å². The van der Waals surface area contributed by atoms with Crippen molar-refractivity contribution in [2.45, 2.75) is 11.4 Å². The van der Waals surface area contributed by atoms with Gasteiger partial charge >= 0.3 is 0 Å². The van der Waals surface area contributed by atoms with Gasteiger partial charge in [0.1, 0.15) is 10.6 Å². The molecule has 0 amide bonds. The molecule has 1 aromatic carbocycles. The zero-order valence-electron chi connectivity index (χ0n) is 11.6. The summed E-state index contributed by atoms with van der Waals surface area (Å²) in [6.45, 7) is 0.551. The summed E-state index contributed by atoms with van der Waals surface area (Å²) < 4.78 is 32.2. The molecule has 1 aromatic heterocycles. The third-order valence-corrected chi connectivity index (χ3v) is 4.49. The number of sulfonamides is 1. The second-order valence-corrected chi connectivity index (χ2v) is 6.43. The van der Waals surface area contributed by atoms with Crippen molar-refractivity contribution in [3.63, 3.8) is 0 Å². The van der Waals surface area contributed by atoms with E-state index in [0.29, 0.717) is 17.3 Å². The number of H-pyrrole nitrogens is 1. The smallest absolute Gasteiger partial charge is 0.263 e. The summed E-state index contributed by atoms with van der Waals surface area (Å²) in [6, 6.07) is 6.32. The van der Waals surface area contributed by atoms with Crippen LogP contribution in [0.15, 0.2) is 35.4 Å². The second kappa shape index (κ2) is 6.38. The fourth-order valence-electron chi connectivity index (χ4n) is 1.78. The molecule has 0 saturated carbocycles. The highest BCUT2D eigenvalue weighted by Crippen LogP contribution is 2.28. The van der Waals surface area contributed by atoms with E-state index in [1.54, 1.807) is 25.2 Å². The predicted molar refractivity (Wildman–Crippen MR) is 82.4 cm³/mol. The molecule has 2 aromatic rings. The van der Waals surface area contributed by atoms with Gasteiger partial charge in [0, 0.05) is 24.5 Å². The van der Waals surface area contributed by atoms with E-state index in [1.807, 2.05) is 0 Å². The average Bonchev–Trinajstić information content (AvgIpc) is 2.91. The first-order valence-electron chi connectivity index (χ1n) is 6.14. The van der Waals surface area contributed by atoms with E-state index in [-0.39, 0.29) is 10.6 Å². The summed E-state index contributed by atoms with van der Waals surface area (Å²) in [5.74, 6) is 0.516. The number of nitrogens with one attached hydrogen (secondary N) is 3. The lowest BCUT2D eigenvalue weighted by Gasteiger charge is -2.09. The maximum Gasteiger partial charge on any atom is 0.263 e. The zero-order chi connectivity index (χ0) is 15.5. The number of ether oxygens (including phenoxy) is 1. The molecule has 6 nitrogen and oxygen atoms in total. The minimum Gasteiger partial charge on any atom is -0.497 e. The van der Waals surface area contributed by atoms with Gasteiger partial charge in [-0.15, -0.1) is 0 Å². The maximum absolute atomic E-state index is 12.3. The predicted octanol–water partition coefficient (Wildman–Crippen LogP) is 2.20. The topological polar surface area (TPSA) is 83.2 Å². The van der Waals surface area contributed by atoms with E-state index >= 15 is 0 Å². The van der Waals surface area contributed by atoms with Crippen LogP contribution in [-0.4, -0.2) is 27.6 Å². The number of aromatic nitrogens is 1. The van der Waals surface area contributed by atoms with Crippen molar-refractivity contribution in [3.05, 3.63) is 41.2 Å². The van der Waals surface area contributed by atoms with Crippen LogP contribution < -0.4 is 14.8 Å². The third kappa shape index (κ3) is 3.69. The Labute approximate surface area is 128 Å². The number of halogens is 1. The highest BCUT2D eigenvalue weighted by Gasteiger charge is 2.18. The van der Waals surface area contributed by atoms with Gasteiger partial charge in [-0.05, 0) is 25.2 Å². The largest absolute Gasteiger partial charge is 0.497 e. The molecule has 0 aliphatic carbocycles. The van der Waals surface area contributed by atoms with E-state index in [1.165, 1.54) is 19.4 Å². The molecule has 2 rings (SSSR count). The molecule has 0 radical (unpaired) electrons. The Morgan fingerprint density at radius 2 is 2.10 bits per heavy atom. The molecule has 0 fully saturated rings. The van der Waals surface area contributed by atoms with Crippen molar-refractivity contribution in [3.8, 4) is 5.75 Å². The molecule has 0 saturated heterocycles. The molecule has 114 valence electrons. The van der Waals surface area contributed by atoms with Crippen LogP contribution in [0.2, 0.25) is 5.02 Å². The number of aromatic amines is 1. The van der Waals surface area contributed by atoms with Crippen LogP contribution in [0.4, 0.5) is 5.69 Å². The molecule has 3 N–H and O–H groups in total. The first-order valence-corrected chi connectivity index (χ1v) is 8.00. The molecule has 0 atom stereocenters. The van der Waals surface area contributed by atoms with Gasteiger partial charge in [0.25, 0.3) is 10.0 Å². The molecule has 0 aliphatic rings. The van der Waals surface area contributed by atoms with Gasteiger partial charge in [0.05, 0.1) is 17.8 Å². The van der Waals surface area contributed by atoms with Gasteiger partial charge in [-0.25, -0.2) is 8.42 Å². The molecular weight excluding hydrogens is 314 g/mol. The van der Waals surface area contributed by atoms with Crippen molar-refractivity contribution in [2.75, 3.05) is 18.9 Å². The quantitative estimate of drug-likeness (QED) is 0.758. The monoisotopic (exact) mass is 329 g/mol. The molecule has 0 unspecified atom stereocenters. The third-order valence-electron chi connectivity index (χ3n) is 2.81. The number of anilines is 1. The Kier molecular flexibility index (Phi) is 4.76. The molecule has 0 bridgehead atoms. The van der Waals surface area contributed by atoms with Crippen LogP contribution in [0.25, 0.3) is 0 Å². The van der Waals surface area contributed by atoms with Gasteiger partial charge < -0.3 is 15.0 Å². The van der Waals surface area contributed by atoms with Crippen molar-refractivity contribution < 1.29 is 13.2 Å². The van der Waals surface area contributed by atoms with Gasteiger partial charge in [0.2, 0.25) is 0 Å². The number of benzene rings is 1. The highest BCUT2D eigenvalue weighted by molar-refractivity contribution is 7.92. The molecule has 0 aliphatic heterocycles. The summed E-state index contributed by atoms with van der Waals surface area (Å²) in [6.07, 6.45) is 1.43. The first-order chi connectivity index (χ1) is 9.96. The van der Waals surface area contributed by atoms with E-state index in [9.17, 15) is 8.42 Å². The normalized spacial score (nSPS) is 11.4. The van der Waals surface area contributed by atoms with Crippen LogP contribution in [0.1, 0.15) is 5.69 Å². The molecule has 21 heavy (non-hydrogen) atoms. The number of hydrogen-bond acceptors (Lipinski definition) is 4. The Balaban J connectivity index is 2.28. The minimum absolute atomic E-state index is 0.145. The molecule has 0 spiro atoms. The van der Waals surface area contributed by atoms with Crippen LogP contribution in [0.3, 0.4) is 0 Å². The van der Waals surface area contributed by atoms with Crippen LogP contribution in [0, 0.1) is 0 Å². The van der Waals surface area contributed by atoms with Crippen LogP contribution >= 0.6 is 11.6 Å². The standard InChI is InChI=1S/C13H16ClN3O3S/c1-15-7-9-5-11(8-16-9)21(18,19)17-13-6-10(20-2)3-4-12(13)14/h3-6,8,15-17H,7H2,1-2H3. The van der Waals surface area contributed by atoms with Gasteiger partial charge in [-0.1, -0.05) is 11.6 Å². The van der Waals surface area contributed by atoms with Gasteiger partial charge in [-0.3, -0.25) is 4.72 Å². The zero-order valence-corrected chi connectivity index (χ0v) is 13.2. The second-order valence-electron chi connectivity index (χ2n) is 4.34. The van der Waals surface area contributed by atoms with Crippen molar-refractivity contribution in [2.24, 2.45) is 0 Å². The Hall–Kier alpha value is -1.70. The number of hydrogen-bond donors (Lipinski definition) is 3. The number of methoxy groups -OCH3 is 1. The Morgan fingerprint density at radius 3 is 2.76 bits per heavy atom. The van der Waals surface area contributed by atoms with E-state index in [4.69, 9.17) is 16.3 Å². The summed E-state index contributed by atoms with van der Waals surface area (Å²) >= 11 is 6.00. The Morgan fingerprint density at radius 1 is 1.33 bits per heavy atom. The fraction of sp³-hybridized carbons (Fsp3) is 0.231. The van der Waals surface area contributed by atoms with Crippen LogP contribution in [0.5, 0.6) is 5.75 Å². The van der Waals surface area contributed by atoms with Crippen molar-refractivity contribution in [1.29, 1.82) is 0 Å². The minimum atomic E-state index is -3.71. The average molecular weight is 330 g/mol. The van der Waals surface area contributed by atoms with Crippen LogP contribution in [-0.2, 0) is 16.6 Å². The van der Waals surface area contributed by atoms with E-state index < -0.39 is 10.0 Å². The number of rotatable bonds is 6. The molecule has 1 heterocycles. The lowest BCUT2D eigenvalue weighted by molar-refractivity contribution is 0.415. The summed E-state index contributed by atoms with van der Waals surface area (Å²) in [5, 5.41) is 3.24. The SMILES string of the molecule is CNCc1cc(S(=O)(=O)Nc2cc(OC)ccc2Cl)c[nH]1. The fourth-order valence-corrected chi connectivity index (χ4v) is 3.09. The highest BCUT2D eigenvalue weighted by atomic mass is 35.5. The van der Waals surface area contributed by atoms with Crippen molar-refractivity contribution >= 4 is 27.3 Å². The lowest BCUT2D eigenvalue weighted by atomic mass is 10.3.